The van der Waals surface area contributed by atoms with Gasteiger partial charge in [0, 0.05) is 24.5 Å². The molecule has 0 spiro atoms. The van der Waals surface area contributed by atoms with Gasteiger partial charge in [0.05, 0.1) is 5.69 Å². The molecule has 0 unspecified atom stereocenters. The van der Waals surface area contributed by atoms with Crippen LogP contribution in [0.2, 0.25) is 0 Å². The number of anilines is 3. The van der Waals surface area contributed by atoms with Gasteiger partial charge in [-0.1, -0.05) is 19.1 Å². The van der Waals surface area contributed by atoms with Crippen LogP contribution in [0.5, 0.6) is 0 Å². The van der Waals surface area contributed by atoms with E-state index in [2.05, 4.69) is 5.32 Å². The largest absolute Gasteiger partial charge is 0.383 e. The van der Waals surface area contributed by atoms with Crippen molar-refractivity contribution in [1.29, 1.82) is 0 Å². The van der Waals surface area contributed by atoms with Crippen molar-refractivity contribution >= 4 is 34.9 Å². The first-order valence-electron chi connectivity index (χ1n) is 10.3. The maximum Gasteiger partial charge on any atom is 0.333 e. The molecule has 0 saturated carbocycles. The van der Waals surface area contributed by atoms with Gasteiger partial charge in [0.2, 0.25) is 5.91 Å². The number of nitrogens with two attached hydrogens (primary N) is 1. The van der Waals surface area contributed by atoms with Gasteiger partial charge in [-0.3, -0.25) is 14.2 Å². The zero-order valence-electron chi connectivity index (χ0n) is 17.5. The normalized spacial score (nSPS) is 14.0. The van der Waals surface area contributed by atoms with Crippen molar-refractivity contribution in [3.8, 4) is 0 Å². The van der Waals surface area contributed by atoms with Crippen LogP contribution in [0.4, 0.5) is 17.2 Å². The van der Waals surface area contributed by atoms with Gasteiger partial charge >= 0.3 is 5.69 Å². The molecule has 2 aromatic rings. The minimum Gasteiger partial charge on any atom is -0.383 e. The van der Waals surface area contributed by atoms with Crippen LogP contribution in [-0.4, -0.2) is 34.4 Å². The zero-order valence-corrected chi connectivity index (χ0v) is 18.3. The number of carbonyl (C=O) groups is 1. The molecule has 2 heterocycles. The minimum atomic E-state index is -0.548. The van der Waals surface area contributed by atoms with E-state index in [4.69, 9.17) is 5.73 Å². The van der Waals surface area contributed by atoms with Gasteiger partial charge in [-0.05, 0) is 44.1 Å². The van der Waals surface area contributed by atoms with Gasteiger partial charge in [0.1, 0.15) is 18.1 Å². The van der Waals surface area contributed by atoms with Crippen LogP contribution in [0.3, 0.4) is 0 Å². The van der Waals surface area contributed by atoms with E-state index < -0.39 is 17.2 Å². The maximum absolute atomic E-state index is 13.2. The highest BCUT2D eigenvalue weighted by Gasteiger charge is 2.24. The maximum atomic E-state index is 13.2. The summed E-state index contributed by atoms with van der Waals surface area (Å²) in [5, 5.41) is 2.82. The first-order valence-corrected chi connectivity index (χ1v) is 11.5. The van der Waals surface area contributed by atoms with Gasteiger partial charge in [-0.2, -0.15) is 0 Å². The second kappa shape index (κ2) is 9.88. The minimum absolute atomic E-state index is 0.193. The van der Waals surface area contributed by atoms with Gasteiger partial charge in [-0.25, -0.2) is 9.36 Å². The summed E-state index contributed by atoms with van der Waals surface area (Å²) in [6.45, 7) is 3.41. The summed E-state index contributed by atoms with van der Waals surface area (Å²) in [5.41, 5.74) is 6.21. The summed E-state index contributed by atoms with van der Waals surface area (Å²) in [4.78, 5) is 41.8. The number of nitrogens with one attached hydrogen (secondary N) is 1. The van der Waals surface area contributed by atoms with E-state index >= 15 is 0 Å². The van der Waals surface area contributed by atoms with Crippen LogP contribution in [0, 0.1) is 0 Å². The van der Waals surface area contributed by atoms with E-state index in [9.17, 15) is 14.4 Å². The van der Waals surface area contributed by atoms with Crippen LogP contribution < -0.4 is 27.2 Å². The molecule has 1 aromatic carbocycles. The fourth-order valence-electron chi connectivity index (χ4n) is 3.78. The van der Waals surface area contributed by atoms with Gasteiger partial charge in [-0.15, -0.1) is 11.8 Å². The van der Waals surface area contributed by atoms with Crippen molar-refractivity contribution in [2.24, 2.45) is 0 Å². The number of thioether (sulfide) groups is 1. The molecule has 0 bridgehead atoms. The molecule has 0 atom stereocenters. The van der Waals surface area contributed by atoms with E-state index in [1.807, 2.05) is 36.3 Å². The number of rotatable bonds is 7. The highest BCUT2D eigenvalue weighted by atomic mass is 32.2. The standard InChI is InChI=1S/C21H29N5O3S/c1-3-11-25-19(22)18(24-12-7-4-8-13-24)20(28)26(21(25)29)14-17(27)23-15-9-5-6-10-16(15)30-2/h5-6,9-10H,3-4,7-8,11-14,22H2,1-2H3,(H,23,27). The molecule has 0 radical (unpaired) electrons. The quantitative estimate of drug-likeness (QED) is 0.653. The summed E-state index contributed by atoms with van der Waals surface area (Å²) in [6.07, 6.45) is 5.66. The van der Waals surface area contributed by atoms with E-state index in [1.54, 1.807) is 6.07 Å². The van der Waals surface area contributed by atoms with E-state index in [0.29, 0.717) is 24.3 Å². The summed E-state index contributed by atoms with van der Waals surface area (Å²) in [5.74, 6) is -0.230. The predicted molar refractivity (Wildman–Crippen MR) is 123 cm³/mol. The van der Waals surface area contributed by atoms with Gasteiger partial charge < -0.3 is 16.0 Å². The van der Waals surface area contributed by atoms with E-state index in [0.717, 1.165) is 41.8 Å². The number of para-hydroxylation sites is 1. The monoisotopic (exact) mass is 431 g/mol. The highest BCUT2D eigenvalue weighted by Crippen LogP contribution is 2.25. The van der Waals surface area contributed by atoms with Crippen LogP contribution >= 0.6 is 11.8 Å². The number of amides is 1. The number of aromatic nitrogens is 2. The van der Waals surface area contributed by atoms with Crippen LogP contribution in [0.15, 0.2) is 38.8 Å². The van der Waals surface area contributed by atoms with Crippen molar-refractivity contribution in [2.75, 3.05) is 35.3 Å². The molecule has 1 fully saturated rings. The van der Waals surface area contributed by atoms with Gasteiger partial charge in [0.15, 0.2) is 0 Å². The summed E-state index contributed by atoms with van der Waals surface area (Å²) < 4.78 is 2.42. The molecule has 1 saturated heterocycles. The average molecular weight is 432 g/mol. The highest BCUT2D eigenvalue weighted by molar-refractivity contribution is 7.98. The molecule has 1 aromatic heterocycles. The van der Waals surface area contributed by atoms with Crippen molar-refractivity contribution < 1.29 is 4.79 Å². The first-order chi connectivity index (χ1) is 14.5. The molecule has 162 valence electrons. The Kier molecular flexibility index (Phi) is 7.25. The van der Waals surface area contributed by atoms with Crippen molar-refractivity contribution in [3.63, 3.8) is 0 Å². The molecule has 0 aliphatic carbocycles. The van der Waals surface area contributed by atoms with E-state index in [-0.39, 0.29) is 12.4 Å². The van der Waals surface area contributed by atoms with Crippen LogP contribution in [0.1, 0.15) is 32.6 Å². The first kappa shape index (κ1) is 22.0. The third-order valence-electron chi connectivity index (χ3n) is 5.25. The third-order valence-corrected chi connectivity index (χ3v) is 6.04. The number of hydrogen-bond acceptors (Lipinski definition) is 6. The molecule has 1 aliphatic heterocycles. The Bertz CT molecular complexity index is 1020. The molecule has 8 nitrogen and oxygen atoms in total. The zero-order chi connectivity index (χ0) is 21.7. The average Bonchev–Trinajstić information content (AvgIpc) is 2.75. The Balaban J connectivity index is 1.98. The van der Waals surface area contributed by atoms with E-state index in [1.165, 1.54) is 16.3 Å². The molecule has 30 heavy (non-hydrogen) atoms. The molecule has 1 aliphatic rings. The fourth-order valence-corrected chi connectivity index (χ4v) is 4.33. The molecular formula is C21H29N5O3S. The van der Waals surface area contributed by atoms with Crippen molar-refractivity contribution in [2.45, 2.75) is 50.6 Å². The summed E-state index contributed by atoms with van der Waals surface area (Å²) in [7, 11) is 0. The lowest BCUT2D eigenvalue weighted by atomic mass is 10.1. The Labute approximate surface area is 180 Å². The van der Waals surface area contributed by atoms with Crippen LogP contribution in [0.25, 0.3) is 0 Å². The number of benzene rings is 1. The lowest BCUT2D eigenvalue weighted by Gasteiger charge is -2.30. The Morgan fingerprint density at radius 2 is 1.83 bits per heavy atom. The Hall–Kier alpha value is -2.68. The molecular weight excluding hydrogens is 402 g/mol. The Morgan fingerprint density at radius 1 is 1.13 bits per heavy atom. The Morgan fingerprint density at radius 3 is 2.50 bits per heavy atom. The lowest BCUT2D eigenvalue weighted by molar-refractivity contribution is -0.116. The second-order valence-electron chi connectivity index (χ2n) is 7.36. The third kappa shape index (κ3) is 4.56. The molecule has 3 N–H and O–H groups in total. The van der Waals surface area contributed by atoms with Crippen LogP contribution in [-0.2, 0) is 17.9 Å². The summed E-state index contributed by atoms with van der Waals surface area (Å²) in [6, 6.07) is 7.41. The number of carbonyl (C=O) groups excluding carboxylic acids is 1. The van der Waals surface area contributed by atoms with Gasteiger partial charge in [0.25, 0.3) is 5.56 Å². The second-order valence-corrected chi connectivity index (χ2v) is 8.20. The molecule has 3 rings (SSSR count). The number of nitrogens with zero attached hydrogens (tertiary/aromatic N) is 3. The van der Waals surface area contributed by atoms with Crippen molar-refractivity contribution in [3.05, 3.63) is 45.1 Å². The topological polar surface area (TPSA) is 102 Å². The lowest BCUT2D eigenvalue weighted by Crippen LogP contribution is -2.47. The molecule has 1 amide bonds. The fraction of sp³-hybridized carbons (Fsp3) is 0.476. The summed E-state index contributed by atoms with van der Waals surface area (Å²) >= 11 is 1.51. The number of piperidine rings is 1. The smallest absolute Gasteiger partial charge is 0.333 e. The number of hydrogen-bond donors (Lipinski definition) is 2. The van der Waals surface area contributed by atoms with Crippen molar-refractivity contribution in [1.82, 2.24) is 9.13 Å². The molecule has 9 heteroatoms. The number of nitrogen functional groups attached to an aromatic ring is 1. The SMILES string of the molecule is CCCn1c(N)c(N2CCCCC2)c(=O)n(CC(=O)Nc2ccccc2SC)c1=O. The predicted octanol–water partition coefficient (Wildman–Crippen LogP) is 2.35.